The molecule has 83 heavy (non-hydrogen) atoms. The molecule has 0 unspecified atom stereocenters. The van der Waals surface area contributed by atoms with Crippen LogP contribution in [-0.4, -0.2) is 110 Å². The Hall–Kier alpha value is -5.50. The lowest BCUT2D eigenvalue weighted by atomic mass is 9.38. The average Bonchev–Trinajstić information content (AvgIpc) is 2.94. The van der Waals surface area contributed by atoms with E-state index in [-0.39, 0.29) is 126 Å². The van der Waals surface area contributed by atoms with Crippen molar-refractivity contribution in [2.75, 3.05) is 26.7 Å². The summed E-state index contributed by atoms with van der Waals surface area (Å²) < 4.78 is 5.61. The summed E-state index contributed by atoms with van der Waals surface area (Å²) in [6, 6.07) is 17.9. The van der Waals surface area contributed by atoms with E-state index in [1.165, 1.54) is 30.4 Å². The average molecular weight is 1130 g/mol. The maximum Gasteiger partial charge on any atom is 0.160 e. The number of aryl methyl sites for hydroxylation is 2. The highest BCUT2D eigenvalue weighted by molar-refractivity contribution is 5.89. The molecule has 3 heterocycles. The number of methoxy groups -OCH3 is 1. The SMILES string of the molecule is CCNC[C@H]1[C@@H]2c3[nH]cc4c3[C@@H]3[C@H]5[C@@H]2[C@H]([C@@H](CCC(O)O)[C@@H]1[C@H]1CC[C@@]2(C#C[C@H](C[C@H](O)[C@H](O)C[C@H](C6=CCNC(N)=C6)c6ccc7ccccc7c6)c6cc(O)c(OC)cc6CCC2=O)[C@H](O)C1)C1(CCCCC1)N[C@H]5CC(=O)[C@@H]3CC4. The number of phenols is 1. The van der Waals surface area contributed by atoms with Crippen molar-refractivity contribution in [1.29, 1.82) is 0 Å². The molecule has 4 aromatic rings. The van der Waals surface area contributed by atoms with Crippen LogP contribution in [0, 0.1) is 64.6 Å². The van der Waals surface area contributed by atoms with E-state index in [1.54, 1.807) is 12.1 Å². The van der Waals surface area contributed by atoms with Gasteiger partial charge < -0.3 is 62.0 Å². The van der Waals surface area contributed by atoms with Gasteiger partial charge in [0.1, 0.15) is 11.2 Å². The van der Waals surface area contributed by atoms with Crippen molar-refractivity contribution in [2.45, 2.75) is 176 Å². The van der Waals surface area contributed by atoms with Gasteiger partial charge in [-0.05, 0) is 194 Å². The van der Waals surface area contributed by atoms with E-state index in [2.05, 4.69) is 82.3 Å². The number of aliphatic hydroxyl groups is 5. The van der Waals surface area contributed by atoms with Crippen molar-refractivity contribution in [2.24, 2.45) is 58.5 Å². The molecule has 1 aromatic heterocycles. The standard InChI is InChI=1S/C69H87N5O9/c1-3-71-36-49-60(46(16-18-59(81)82)66-65-63(49)67-61-44(35-73-67)13-15-45-51(75)34-50(64(65)62(45)61)74-69(66)22-7-4-8-23-69)43-20-25-68(57(80)30-43)24-19-41(48-33-54(78)55(83-2)29-40(48)14-17-56(68)79)28-52(76)53(77)32-47(42-21-26-72-58(70)31-42)39-12-11-37-9-5-6-10-38(37)27-39/h5-6,9-12,21,27,29,31,33,35,41,43,45-47,49-50,52-53,57,59-60,62-66,71-74,76-78,80-82H,3-4,7-8,13-18,20,22-23,25-26,28,30,32,34,36,70H2,1-2H3/t41-,43+,45+,46+,47+,49-,50+,52+,53-,57-,60+,62-,63+,64+,65-,66+,68-/m1/s1. The van der Waals surface area contributed by atoms with Gasteiger partial charge in [-0.25, -0.2) is 0 Å². The highest BCUT2D eigenvalue weighted by Crippen LogP contribution is 2.71. The lowest BCUT2D eigenvalue weighted by molar-refractivity contribution is -0.169. The van der Waals surface area contributed by atoms with Crippen LogP contribution in [0.25, 0.3) is 10.8 Å². The third-order valence-electron chi connectivity index (χ3n) is 22.9. The molecular weight excluding hydrogens is 1040 g/mol. The number of nitrogens with two attached hydrogens (primary N) is 1. The molecule has 0 bridgehead atoms. The quantitative estimate of drug-likeness (QED) is 0.0404. The number of piperidine rings is 1. The van der Waals surface area contributed by atoms with E-state index in [0.29, 0.717) is 55.8 Å². The van der Waals surface area contributed by atoms with Gasteiger partial charge >= 0.3 is 0 Å². The Morgan fingerprint density at radius 1 is 0.892 bits per heavy atom. The number of carbonyl (C=O) groups excluding carboxylic acids is 2. The number of dihydropyridines is 1. The van der Waals surface area contributed by atoms with E-state index in [9.17, 15) is 35.4 Å². The molecule has 442 valence electrons. The molecule has 12 N–H and O–H groups in total. The summed E-state index contributed by atoms with van der Waals surface area (Å²) in [6.07, 6.45) is 11.6. The first-order valence-corrected chi connectivity index (χ1v) is 31.7. The maximum absolute atomic E-state index is 15.3. The molecule has 5 fully saturated rings. The van der Waals surface area contributed by atoms with Gasteiger partial charge in [0, 0.05) is 72.4 Å². The van der Waals surface area contributed by atoms with Crippen molar-refractivity contribution in [1.82, 2.24) is 20.9 Å². The molecule has 0 radical (unpaired) electrons. The van der Waals surface area contributed by atoms with Gasteiger partial charge in [0.15, 0.2) is 23.6 Å². The van der Waals surface area contributed by atoms with Gasteiger partial charge in [0.05, 0.1) is 31.2 Å². The molecule has 17 atom stereocenters. The number of phenolic OH excluding ortho intramolecular Hbond substituents is 1. The molecule has 2 spiro atoms. The fraction of sp³-hybridized carbons (Fsp3) is 0.594. The van der Waals surface area contributed by atoms with Crippen molar-refractivity contribution < 1.29 is 45.0 Å². The molecule has 2 aliphatic heterocycles. The number of aliphatic hydroxyl groups excluding tert-OH is 4. The van der Waals surface area contributed by atoms with Crippen LogP contribution in [0.1, 0.15) is 160 Å². The number of hydrogen-bond donors (Lipinski definition) is 11. The number of rotatable bonds is 15. The van der Waals surface area contributed by atoms with Crippen LogP contribution in [0.5, 0.6) is 11.5 Å². The first-order valence-electron chi connectivity index (χ1n) is 31.7. The summed E-state index contributed by atoms with van der Waals surface area (Å²) >= 11 is 0. The summed E-state index contributed by atoms with van der Waals surface area (Å²) in [6.45, 7) is 4.23. The van der Waals surface area contributed by atoms with Gasteiger partial charge in [0.25, 0.3) is 0 Å². The minimum Gasteiger partial charge on any atom is -0.504 e. The Morgan fingerprint density at radius 3 is 2.48 bits per heavy atom. The normalized spacial score (nSPS) is 34.2. The number of allylic oxidation sites excluding steroid dienone is 2. The second-order valence-electron chi connectivity index (χ2n) is 26.9. The van der Waals surface area contributed by atoms with Crippen LogP contribution >= 0.6 is 0 Å². The van der Waals surface area contributed by atoms with Crippen molar-refractivity contribution in [3.63, 3.8) is 0 Å². The van der Waals surface area contributed by atoms with Crippen molar-refractivity contribution in [3.05, 3.63) is 118 Å². The number of aromatic nitrogens is 1. The number of Topliss-reactive ketones (excluding diaryl/α,β-unsaturated/α-hetero) is 2. The Balaban J connectivity index is 0.855. The zero-order valence-electron chi connectivity index (χ0n) is 48.4. The Kier molecular flexibility index (Phi) is 15.5. The van der Waals surface area contributed by atoms with Crippen LogP contribution in [0.2, 0.25) is 0 Å². The number of ketones is 2. The molecular formula is C69H87N5O9. The predicted molar refractivity (Wildman–Crippen MR) is 318 cm³/mol. The highest BCUT2D eigenvalue weighted by atomic mass is 16.5. The first-order chi connectivity index (χ1) is 40.2. The molecule has 4 saturated carbocycles. The summed E-state index contributed by atoms with van der Waals surface area (Å²) in [5.74, 6) is 8.24. The van der Waals surface area contributed by atoms with E-state index in [1.807, 2.05) is 18.2 Å². The summed E-state index contributed by atoms with van der Waals surface area (Å²) in [4.78, 5) is 33.6. The lowest BCUT2D eigenvalue weighted by Gasteiger charge is -2.70. The summed E-state index contributed by atoms with van der Waals surface area (Å²) in [5, 5.41) is 84.3. The zero-order chi connectivity index (χ0) is 57.5. The van der Waals surface area contributed by atoms with Gasteiger partial charge in [-0.15, -0.1) is 0 Å². The predicted octanol–water partition coefficient (Wildman–Crippen LogP) is 7.75. The summed E-state index contributed by atoms with van der Waals surface area (Å²) in [5.41, 5.74) is 12.1. The molecule has 9 aliphatic rings. The number of aromatic hydroxyl groups is 1. The number of aromatic amines is 1. The second kappa shape index (κ2) is 22.7. The van der Waals surface area contributed by atoms with E-state index < -0.39 is 35.9 Å². The maximum atomic E-state index is 15.3. The number of hydrogen-bond acceptors (Lipinski definition) is 13. The van der Waals surface area contributed by atoms with E-state index >= 15 is 4.79 Å². The third kappa shape index (κ3) is 9.86. The highest BCUT2D eigenvalue weighted by Gasteiger charge is 2.69. The number of nitrogens with one attached hydrogen (secondary N) is 4. The summed E-state index contributed by atoms with van der Waals surface area (Å²) in [7, 11) is 1.49. The molecule has 14 nitrogen and oxygen atoms in total. The monoisotopic (exact) mass is 1130 g/mol. The smallest absolute Gasteiger partial charge is 0.160 e. The Labute approximate surface area is 488 Å². The third-order valence-corrected chi connectivity index (χ3v) is 22.9. The largest absolute Gasteiger partial charge is 0.504 e. The van der Waals surface area contributed by atoms with Crippen LogP contribution in [0.3, 0.4) is 0 Å². The molecule has 0 amide bonds. The molecule has 7 aliphatic carbocycles. The van der Waals surface area contributed by atoms with Gasteiger partial charge in [-0.3, -0.25) is 9.59 Å². The molecule has 1 saturated heterocycles. The van der Waals surface area contributed by atoms with Gasteiger partial charge in [0.2, 0.25) is 0 Å². The van der Waals surface area contributed by atoms with Crippen LogP contribution < -0.4 is 26.4 Å². The number of ether oxygens (including phenoxy) is 1. The van der Waals surface area contributed by atoms with Gasteiger partial charge in [-0.1, -0.05) is 86.6 Å². The Bertz CT molecular complexity index is 3240. The minimum absolute atomic E-state index is 0.00862. The number of carbonyl (C=O) groups is 2. The van der Waals surface area contributed by atoms with Crippen LogP contribution in [0.15, 0.2) is 84.3 Å². The lowest BCUT2D eigenvalue weighted by Crippen LogP contribution is -2.74. The van der Waals surface area contributed by atoms with Crippen molar-refractivity contribution in [3.8, 4) is 23.3 Å². The first kappa shape index (κ1) is 56.6. The fourth-order valence-corrected chi connectivity index (χ4v) is 19.5. The number of benzene rings is 3. The number of fused-ring (bicyclic) bond motifs is 4. The molecule has 13 rings (SSSR count). The Morgan fingerprint density at radius 2 is 1.71 bits per heavy atom. The number of H-pyrrole nitrogens is 1. The van der Waals surface area contributed by atoms with Crippen LogP contribution in [0.4, 0.5) is 0 Å². The fourth-order valence-electron chi connectivity index (χ4n) is 19.5. The van der Waals surface area contributed by atoms with Crippen LogP contribution in [-0.2, 0) is 22.4 Å². The van der Waals surface area contributed by atoms with Crippen molar-refractivity contribution >= 4 is 22.3 Å². The van der Waals surface area contributed by atoms with E-state index in [4.69, 9.17) is 10.5 Å². The zero-order valence-corrected chi connectivity index (χ0v) is 48.4. The minimum atomic E-state index is -1.47. The topological polar surface area (TPSA) is 243 Å². The molecule has 3 aromatic carbocycles. The molecule has 14 heteroatoms. The second-order valence-corrected chi connectivity index (χ2v) is 26.9. The van der Waals surface area contributed by atoms with Gasteiger partial charge in [-0.2, -0.15) is 0 Å². The van der Waals surface area contributed by atoms with E-state index in [0.717, 1.165) is 79.1 Å².